The zero-order chi connectivity index (χ0) is 78.5. The Hall–Kier alpha value is -12.9. The second-order valence-corrected chi connectivity index (χ2v) is 37.1. The average Bonchev–Trinajstić information content (AvgIpc) is 1.13. The maximum Gasteiger partial charge on any atom is 0.252 e. The highest BCUT2D eigenvalue weighted by atomic mass is 32.1. The van der Waals surface area contributed by atoms with Crippen LogP contribution in [-0.2, 0) is 21.7 Å². The number of benzene rings is 15. The Morgan fingerprint density at radius 2 is 0.713 bits per heavy atom. The zero-order valence-electron chi connectivity index (χ0n) is 67.1. The molecule has 115 heavy (non-hydrogen) atoms. The summed E-state index contributed by atoms with van der Waals surface area (Å²) in [6.45, 7) is 27.7. The van der Waals surface area contributed by atoms with Gasteiger partial charge in [-0.2, -0.15) is 5.26 Å². The summed E-state index contributed by atoms with van der Waals surface area (Å²) in [5.74, 6) is 0. The lowest BCUT2D eigenvalue weighted by Gasteiger charge is -2.45. The normalized spacial score (nSPS) is 13.2. The van der Waals surface area contributed by atoms with Gasteiger partial charge in [0.15, 0.2) is 0 Å². The van der Waals surface area contributed by atoms with Crippen LogP contribution in [0.15, 0.2) is 309 Å². The molecule has 2 aliphatic heterocycles. The van der Waals surface area contributed by atoms with Gasteiger partial charge in [-0.1, -0.05) is 253 Å². The first kappa shape index (κ1) is 70.0. The van der Waals surface area contributed by atoms with E-state index in [1.165, 1.54) is 108 Å². The van der Waals surface area contributed by atoms with Crippen molar-refractivity contribution in [2.75, 3.05) is 9.80 Å². The number of para-hydroxylation sites is 3. The van der Waals surface area contributed by atoms with E-state index in [0.29, 0.717) is 5.56 Å². The molecule has 4 aromatic heterocycles. The fourth-order valence-corrected chi connectivity index (χ4v) is 20.2. The first-order valence-corrected chi connectivity index (χ1v) is 41.3. The highest BCUT2D eigenvalue weighted by molar-refractivity contribution is 7.26. The van der Waals surface area contributed by atoms with Crippen molar-refractivity contribution in [3.63, 3.8) is 0 Å². The lowest BCUT2D eigenvalue weighted by molar-refractivity contribution is 0.590. The molecule has 0 atom stereocenters. The summed E-state index contributed by atoms with van der Waals surface area (Å²) in [5, 5.41) is 20.1. The summed E-state index contributed by atoms with van der Waals surface area (Å²) < 4.78 is 9.91. The predicted molar refractivity (Wildman–Crippen MR) is 492 cm³/mol. The molecule has 0 radical (unpaired) electrons. The summed E-state index contributed by atoms with van der Waals surface area (Å²) >= 11 is 1.91. The molecule has 554 valence electrons. The number of nitriles is 1. The first-order chi connectivity index (χ1) is 55.5. The number of rotatable bonds is 8. The molecule has 0 amide bonds. The lowest BCUT2D eigenvalue weighted by Crippen LogP contribution is -2.61. The second-order valence-electron chi connectivity index (χ2n) is 36.0. The van der Waals surface area contributed by atoms with Gasteiger partial charge < -0.3 is 23.5 Å². The van der Waals surface area contributed by atoms with Crippen LogP contribution in [0.2, 0.25) is 0 Å². The van der Waals surface area contributed by atoms with Crippen molar-refractivity contribution in [2.45, 2.75) is 105 Å². The molecule has 0 aliphatic carbocycles. The summed E-state index contributed by atoms with van der Waals surface area (Å²) in [6.07, 6.45) is 0. The van der Waals surface area contributed by atoms with Crippen LogP contribution >= 0.6 is 11.3 Å². The quantitative estimate of drug-likeness (QED) is 0.142. The van der Waals surface area contributed by atoms with Crippen LogP contribution in [0.3, 0.4) is 0 Å². The Labute approximate surface area is 676 Å². The molecule has 0 bridgehead atoms. The van der Waals surface area contributed by atoms with E-state index in [0.717, 1.165) is 101 Å². The Morgan fingerprint density at radius 3 is 1.23 bits per heavy atom. The van der Waals surface area contributed by atoms with E-state index >= 15 is 0 Å². The maximum absolute atomic E-state index is 10.5. The van der Waals surface area contributed by atoms with E-state index < -0.39 is 0 Å². The minimum atomic E-state index is -0.281. The second kappa shape index (κ2) is 25.5. The number of thiophene rings is 1. The molecule has 0 saturated heterocycles. The summed E-state index contributed by atoms with van der Waals surface area (Å²) in [5.41, 5.74) is 32.5. The molecule has 0 saturated carbocycles. The number of fused-ring (bicyclic) bond motifs is 17. The van der Waals surface area contributed by atoms with Crippen molar-refractivity contribution in [1.29, 1.82) is 5.26 Å². The van der Waals surface area contributed by atoms with Crippen LogP contribution in [0, 0.1) is 11.3 Å². The minimum absolute atomic E-state index is 0.0724. The van der Waals surface area contributed by atoms with Crippen molar-refractivity contribution >= 4 is 154 Å². The average molecular weight is 1500 g/mol. The van der Waals surface area contributed by atoms with E-state index in [4.69, 9.17) is 0 Å². The maximum atomic E-state index is 10.5. The third kappa shape index (κ3) is 10.9. The molecule has 0 spiro atoms. The van der Waals surface area contributed by atoms with Gasteiger partial charge in [-0.3, -0.25) is 0 Å². The predicted octanol–water partition coefficient (Wildman–Crippen LogP) is 27.5. The van der Waals surface area contributed by atoms with E-state index in [9.17, 15) is 5.26 Å². The van der Waals surface area contributed by atoms with Crippen molar-refractivity contribution in [3.8, 4) is 56.5 Å². The molecule has 6 heterocycles. The van der Waals surface area contributed by atoms with Gasteiger partial charge >= 0.3 is 0 Å². The van der Waals surface area contributed by atoms with Crippen LogP contribution in [0.5, 0.6) is 0 Å². The summed E-state index contributed by atoms with van der Waals surface area (Å²) in [7, 11) is 0. The molecule has 0 N–H and O–H groups in total. The smallest absolute Gasteiger partial charge is 0.252 e. The fraction of sp³-hybridized carbons (Fsp3) is 0.150. The van der Waals surface area contributed by atoms with Gasteiger partial charge in [0.25, 0.3) is 6.71 Å². The topological polar surface area (TPSA) is 45.1 Å². The molecule has 15 aromatic carbocycles. The van der Waals surface area contributed by atoms with E-state index in [1.807, 2.05) is 17.4 Å². The highest BCUT2D eigenvalue weighted by Crippen LogP contribution is 2.54. The highest BCUT2D eigenvalue weighted by Gasteiger charge is 2.46. The molecule has 2 aliphatic rings. The Bertz CT molecular complexity index is 7250. The van der Waals surface area contributed by atoms with Crippen LogP contribution in [-0.4, -0.2) is 20.4 Å². The monoisotopic (exact) mass is 1500 g/mol. The van der Waals surface area contributed by atoms with Crippen LogP contribution < -0.4 is 26.2 Å². The molecular formula is C107H87BN6S. The van der Waals surface area contributed by atoms with E-state index in [1.54, 1.807) is 0 Å². The number of hydrogen-bond acceptors (Lipinski definition) is 4. The molecule has 8 heteroatoms. The molecule has 0 unspecified atom stereocenters. The Kier molecular flexibility index (Phi) is 15.5. The first-order valence-electron chi connectivity index (χ1n) is 40.5. The van der Waals surface area contributed by atoms with Gasteiger partial charge in [0.2, 0.25) is 0 Å². The van der Waals surface area contributed by atoms with Crippen LogP contribution in [0.4, 0.5) is 34.1 Å². The largest absolute Gasteiger partial charge is 0.311 e. The van der Waals surface area contributed by atoms with Crippen molar-refractivity contribution in [1.82, 2.24) is 13.7 Å². The third-order valence-electron chi connectivity index (χ3n) is 24.9. The van der Waals surface area contributed by atoms with E-state index in [-0.39, 0.29) is 28.4 Å². The fourth-order valence-electron chi connectivity index (χ4n) is 19.0. The van der Waals surface area contributed by atoms with Crippen molar-refractivity contribution in [2.24, 2.45) is 0 Å². The van der Waals surface area contributed by atoms with Gasteiger partial charge in [-0.25, -0.2) is 0 Å². The van der Waals surface area contributed by atoms with E-state index in [2.05, 4.69) is 416 Å². The molecular weight excluding hydrogens is 1410 g/mol. The lowest BCUT2D eigenvalue weighted by atomic mass is 9.33. The Morgan fingerprint density at radius 1 is 0.287 bits per heavy atom. The van der Waals surface area contributed by atoms with Crippen LogP contribution in [0.1, 0.15) is 111 Å². The minimum Gasteiger partial charge on any atom is -0.311 e. The third-order valence-corrected chi connectivity index (χ3v) is 26.1. The Balaban J connectivity index is 0.923. The van der Waals surface area contributed by atoms with Gasteiger partial charge in [0.05, 0.1) is 56.1 Å². The summed E-state index contributed by atoms with van der Waals surface area (Å²) in [6, 6.07) is 120. The zero-order valence-corrected chi connectivity index (χ0v) is 67.9. The van der Waals surface area contributed by atoms with Gasteiger partial charge in [-0.15, -0.1) is 11.3 Å². The number of aromatic nitrogens is 3. The molecule has 19 aromatic rings. The standard InChI is InChI=1S/C107H87BN6S/c1-104(2,3)69-40-49-89(80(58-69)66-27-16-13-17-28-66)113-95-62-74(111-87-37-24-22-33-77(87)82-55-65(64-109)39-48-91(82)111)44-46-85(95)108-86-47-45-75(112-92-51-42-71(106(7,8)9)60-83(92)84-61-72(107(10,11)12)43-52-93(84)112)63-96(86)114(90-50-41-70(105(4,5)6)59-81(90)67-29-18-14-19-30-67)98-57-68(56-97(113)102(98)108)76-35-26-36-79-101-99(115-103(76)79)54-53-94-100(101)78-34-23-25-38-88(78)110(94)73-31-20-15-21-32-73/h13-63H,1-12H3. The number of nitrogens with zero attached hydrogens (tertiary/aromatic N) is 6. The van der Waals surface area contributed by atoms with Gasteiger partial charge in [0, 0.05) is 103 Å². The van der Waals surface area contributed by atoms with Gasteiger partial charge in [-0.05, 0) is 222 Å². The van der Waals surface area contributed by atoms with Crippen molar-refractivity contribution < 1.29 is 0 Å². The number of hydrogen-bond donors (Lipinski definition) is 0. The van der Waals surface area contributed by atoms with Crippen molar-refractivity contribution in [3.05, 3.63) is 337 Å². The van der Waals surface area contributed by atoms with Crippen LogP contribution in [0.25, 0.3) is 136 Å². The van der Waals surface area contributed by atoms with Gasteiger partial charge in [0.1, 0.15) is 0 Å². The SMILES string of the molecule is CC(C)(C)c1ccc(N2c3cc(-n4c5ccccc5c5cc(C#N)ccc54)ccc3B3c4ccc(-n5c6ccc(C(C)(C)C)cc6c6cc(C(C)(C)C)ccc65)cc4N(c4ccc(C(C)(C)C)cc4-c4ccccc4)c4cc(-c5cccc6c5sc5ccc7c(c8ccccc8n7-c7ccccc7)c56)cc2c43)c(-c2ccccc2)c1. The summed E-state index contributed by atoms with van der Waals surface area (Å²) in [4.78, 5) is 5.35. The molecule has 6 nitrogen and oxygen atoms in total. The molecule has 0 fully saturated rings. The number of anilines is 6. The molecule has 21 rings (SSSR count).